The van der Waals surface area contributed by atoms with E-state index >= 15 is 0 Å². The van der Waals surface area contributed by atoms with Gasteiger partial charge in [0.2, 0.25) is 17.7 Å². The van der Waals surface area contributed by atoms with Gasteiger partial charge in [-0.2, -0.15) is 0 Å². The largest absolute Gasteiger partial charge is 0.326 e. The third-order valence-corrected chi connectivity index (χ3v) is 4.98. The molecule has 5 heteroatoms. The van der Waals surface area contributed by atoms with E-state index in [2.05, 4.69) is 10.6 Å². The van der Waals surface area contributed by atoms with Crippen molar-refractivity contribution >= 4 is 23.4 Å². The topological polar surface area (TPSA) is 75.3 Å². The summed E-state index contributed by atoms with van der Waals surface area (Å²) < 4.78 is 0. The molecule has 1 aliphatic heterocycles. The zero-order valence-corrected chi connectivity index (χ0v) is 13.8. The van der Waals surface area contributed by atoms with E-state index in [-0.39, 0.29) is 30.1 Å². The molecule has 3 rings (SSSR count). The van der Waals surface area contributed by atoms with Crippen molar-refractivity contribution in [3.05, 3.63) is 29.8 Å². The van der Waals surface area contributed by atoms with Crippen molar-refractivity contribution in [1.29, 1.82) is 0 Å². The molecule has 1 atom stereocenters. The van der Waals surface area contributed by atoms with Gasteiger partial charge >= 0.3 is 0 Å². The Kier molecular flexibility index (Phi) is 5.28. The molecule has 5 nitrogen and oxygen atoms in total. The van der Waals surface area contributed by atoms with Crippen molar-refractivity contribution in [3.63, 3.8) is 0 Å². The standard InChI is InChI=1S/C19H24N2O3/c22-17(11-13-4-2-1-3-5-13)20-16-8-6-14(7-9-16)10-15-12-18(23)21-19(15)24/h6-9,13,15H,1-5,10-12H2,(H,20,22)(H,21,23,24)/t15-/m0/s1. The molecular weight excluding hydrogens is 304 g/mol. The third-order valence-electron chi connectivity index (χ3n) is 4.98. The minimum absolute atomic E-state index is 0.0791. The number of carbonyl (C=O) groups is 3. The van der Waals surface area contributed by atoms with E-state index < -0.39 is 0 Å². The number of amides is 3. The van der Waals surface area contributed by atoms with Crippen molar-refractivity contribution in [1.82, 2.24) is 5.32 Å². The summed E-state index contributed by atoms with van der Waals surface area (Å²) in [6, 6.07) is 7.55. The lowest BCUT2D eigenvalue weighted by Gasteiger charge is -2.20. The summed E-state index contributed by atoms with van der Waals surface area (Å²) in [5.74, 6) is -0.0578. The summed E-state index contributed by atoms with van der Waals surface area (Å²) in [7, 11) is 0. The van der Waals surface area contributed by atoms with E-state index in [1.807, 2.05) is 24.3 Å². The first-order chi connectivity index (χ1) is 11.6. The Morgan fingerprint density at radius 1 is 1.08 bits per heavy atom. The number of carbonyl (C=O) groups excluding carboxylic acids is 3. The zero-order valence-electron chi connectivity index (χ0n) is 13.8. The lowest BCUT2D eigenvalue weighted by atomic mass is 9.87. The predicted molar refractivity (Wildman–Crippen MR) is 91.2 cm³/mol. The van der Waals surface area contributed by atoms with Gasteiger partial charge in [0, 0.05) is 18.5 Å². The van der Waals surface area contributed by atoms with E-state index in [1.54, 1.807) is 0 Å². The van der Waals surface area contributed by atoms with Crippen molar-refractivity contribution in [2.75, 3.05) is 5.32 Å². The number of hydrogen-bond donors (Lipinski definition) is 2. The SMILES string of the molecule is O=C1C[C@H](Cc2ccc(NC(=O)CC3CCCCC3)cc2)C(=O)N1. The Balaban J connectivity index is 1.49. The second-order valence-electron chi connectivity index (χ2n) is 6.97. The second kappa shape index (κ2) is 7.60. The normalized spacial score (nSPS) is 21.6. The lowest BCUT2D eigenvalue weighted by Crippen LogP contribution is -2.22. The molecule has 2 aliphatic rings. The number of anilines is 1. The van der Waals surface area contributed by atoms with E-state index in [4.69, 9.17) is 0 Å². The smallest absolute Gasteiger partial charge is 0.230 e. The van der Waals surface area contributed by atoms with Crippen molar-refractivity contribution in [2.24, 2.45) is 11.8 Å². The second-order valence-corrected chi connectivity index (χ2v) is 6.97. The van der Waals surface area contributed by atoms with Crippen LogP contribution < -0.4 is 10.6 Å². The van der Waals surface area contributed by atoms with Crippen molar-refractivity contribution < 1.29 is 14.4 Å². The summed E-state index contributed by atoms with van der Waals surface area (Å²) in [4.78, 5) is 34.9. The van der Waals surface area contributed by atoms with E-state index in [1.165, 1.54) is 19.3 Å². The lowest BCUT2D eigenvalue weighted by molar-refractivity contribution is -0.125. The van der Waals surface area contributed by atoms with Crippen LogP contribution in [0.3, 0.4) is 0 Å². The highest BCUT2D eigenvalue weighted by Gasteiger charge is 2.30. The van der Waals surface area contributed by atoms with Gasteiger partial charge in [-0.05, 0) is 42.9 Å². The van der Waals surface area contributed by atoms with E-state index in [9.17, 15) is 14.4 Å². The summed E-state index contributed by atoms with van der Waals surface area (Å²) in [6.45, 7) is 0. The number of nitrogens with one attached hydrogen (secondary N) is 2. The minimum Gasteiger partial charge on any atom is -0.326 e. The molecule has 128 valence electrons. The fourth-order valence-electron chi connectivity index (χ4n) is 3.65. The molecule has 1 aliphatic carbocycles. The van der Waals surface area contributed by atoms with Crippen LogP contribution in [0, 0.1) is 11.8 Å². The summed E-state index contributed by atoms with van der Waals surface area (Å²) >= 11 is 0. The molecule has 0 unspecified atom stereocenters. The average molecular weight is 328 g/mol. The van der Waals surface area contributed by atoms with Crippen LogP contribution >= 0.6 is 0 Å². The Labute approximate surface area is 142 Å². The highest BCUT2D eigenvalue weighted by atomic mass is 16.2. The molecule has 0 radical (unpaired) electrons. The molecule has 1 aromatic rings. The first-order valence-corrected chi connectivity index (χ1v) is 8.82. The minimum atomic E-state index is -0.274. The van der Waals surface area contributed by atoms with Crippen molar-refractivity contribution in [3.8, 4) is 0 Å². The van der Waals surface area contributed by atoms with Crippen LogP contribution in [0.1, 0.15) is 50.5 Å². The Hall–Kier alpha value is -2.17. The van der Waals surface area contributed by atoms with Gasteiger partial charge in [0.1, 0.15) is 0 Å². The maximum Gasteiger partial charge on any atom is 0.230 e. The van der Waals surface area contributed by atoms with Crippen LogP contribution in [-0.2, 0) is 20.8 Å². The molecule has 2 N–H and O–H groups in total. The first kappa shape index (κ1) is 16.7. The quantitative estimate of drug-likeness (QED) is 0.816. The fraction of sp³-hybridized carbons (Fsp3) is 0.526. The molecule has 1 aromatic carbocycles. The summed E-state index contributed by atoms with van der Waals surface area (Å²) in [6.07, 6.45) is 7.51. The molecule has 0 aromatic heterocycles. The molecule has 1 saturated carbocycles. The van der Waals surface area contributed by atoms with E-state index in [0.717, 1.165) is 24.1 Å². The van der Waals surface area contributed by atoms with Crippen LogP contribution in [-0.4, -0.2) is 17.7 Å². The maximum atomic E-state index is 12.1. The van der Waals surface area contributed by atoms with Gasteiger partial charge < -0.3 is 5.32 Å². The third kappa shape index (κ3) is 4.43. The first-order valence-electron chi connectivity index (χ1n) is 8.82. The zero-order chi connectivity index (χ0) is 16.9. The van der Waals surface area contributed by atoms with Crippen LogP contribution in [0.4, 0.5) is 5.69 Å². The van der Waals surface area contributed by atoms with Gasteiger partial charge in [0.05, 0.1) is 5.92 Å². The van der Waals surface area contributed by atoms with Crippen LogP contribution in [0.2, 0.25) is 0 Å². The highest BCUT2D eigenvalue weighted by Crippen LogP contribution is 2.26. The molecule has 2 fully saturated rings. The van der Waals surface area contributed by atoms with Gasteiger partial charge in [-0.15, -0.1) is 0 Å². The van der Waals surface area contributed by atoms with Crippen LogP contribution in [0.15, 0.2) is 24.3 Å². The molecule has 24 heavy (non-hydrogen) atoms. The number of imide groups is 1. The van der Waals surface area contributed by atoms with Gasteiger partial charge in [-0.25, -0.2) is 0 Å². The van der Waals surface area contributed by atoms with Crippen LogP contribution in [0.25, 0.3) is 0 Å². The van der Waals surface area contributed by atoms with Gasteiger partial charge in [-0.1, -0.05) is 31.4 Å². The summed E-state index contributed by atoms with van der Waals surface area (Å²) in [5, 5.41) is 5.28. The predicted octanol–water partition coefficient (Wildman–Crippen LogP) is 2.80. The Morgan fingerprint density at radius 2 is 1.79 bits per heavy atom. The molecular formula is C19H24N2O3. The van der Waals surface area contributed by atoms with Crippen LogP contribution in [0.5, 0.6) is 0 Å². The molecule has 1 heterocycles. The number of hydrogen-bond acceptors (Lipinski definition) is 3. The van der Waals surface area contributed by atoms with Gasteiger partial charge in [0.25, 0.3) is 0 Å². The summed E-state index contributed by atoms with van der Waals surface area (Å²) in [5.41, 5.74) is 1.78. The highest BCUT2D eigenvalue weighted by molar-refractivity contribution is 6.03. The average Bonchev–Trinajstić information content (AvgIpc) is 2.87. The maximum absolute atomic E-state index is 12.1. The monoisotopic (exact) mass is 328 g/mol. The van der Waals surface area contributed by atoms with Gasteiger partial charge in [-0.3, -0.25) is 19.7 Å². The number of benzene rings is 1. The number of rotatable bonds is 5. The van der Waals surface area contributed by atoms with Crippen molar-refractivity contribution in [2.45, 2.75) is 51.4 Å². The Morgan fingerprint density at radius 3 is 2.42 bits per heavy atom. The molecule has 0 spiro atoms. The molecule has 3 amide bonds. The van der Waals surface area contributed by atoms with E-state index in [0.29, 0.717) is 18.8 Å². The fourth-order valence-corrected chi connectivity index (χ4v) is 3.65. The van der Waals surface area contributed by atoms with Gasteiger partial charge in [0.15, 0.2) is 0 Å². The molecule has 0 bridgehead atoms. The Bertz CT molecular complexity index is 618. The molecule has 1 saturated heterocycles.